The van der Waals surface area contributed by atoms with Gasteiger partial charge < -0.3 is 19.9 Å². The molecule has 0 saturated carbocycles. The van der Waals surface area contributed by atoms with Gasteiger partial charge in [0.1, 0.15) is 6.54 Å². The number of benzene rings is 1. The van der Waals surface area contributed by atoms with Crippen molar-refractivity contribution in [2.75, 3.05) is 39.3 Å². The summed E-state index contributed by atoms with van der Waals surface area (Å²) < 4.78 is 5.75. The van der Waals surface area contributed by atoms with Crippen LogP contribution in [0.3, 0.4) is 0 Å². The van der Waals surface area contributed by atoms with Crippen molar-refractivity contribution in [1.82, 2.24) is 20.0 Å². The summed E-state index contributed by atoms with van der Waals surface area (Å²) in [5.74, 6) is -0.0802. The predicted molar refractivity (Wildman–Crippen MR) is 134 cm³/mol. The number of hydrogen-bond acceptors (Lipinski definition) is 4. The van der Waals surface area contributed by atoms with E-state index in [1.54, 1.807) is 24.3 Å². The van der Waals surface area contributed by atoms with E-state index in [9.17, 15) is 14.4 Å². The number of nitrogens with one attached hydrogen (secondary N) is 1. The van der Waals surface area contributed by atoms with E-state index in [-0.39, 0.29) is 49.5 Å². The fourth-order valence-electron chi connectivity index (χ4n) is 4.95. The minimum Gasteiger partial charge on any atom is -0.376 e. The number of rotatable bonds is 9. The molecule has 0 aliphatic carbocycles. The summed E-state index contributed by atoms with van der Waals surface area (Å²) in [6.45, 7) is 10.1. The Balaban J connectivity index is 1.57. The average molecular weight is 501 g/mol. The summed E-state index contributed by atoms with van der Waals surface area (Å²) in [6, 6.07) is 6.16. The third-order valence-electron chi connectivity index (χ3n) is 6.50. The Labute approximate surface area is 211 Å². The van der Waals surface area contributed by atoms with Crippen LogP contribution in [0.15, 0.2) is 48.2 Å². The van der Waals surface area contributed by atoms with Crippen molar-refractivity contribution in [3.8, 4) is 0 Å². The van der Waals surface area contributed by atoms with Crippen LogP contribution in [-0.2, 0) is 14.3 Å². The standard InChI is InChI=1S/C26H33ClN4O4/c1-4-10-31-21-15-30(16-22(32)29(13-17(2)3)14-20-9-6-11-35-20)25(33)23(21)24(28-26(31)34)18-7-5-8-19(27)12-18/h4-5,7-8,12,17,20,24H,1,6,9-11,13-16H2,2-3H3,(H,28,34)/t20-,24+/m0/s1. The van der Waals surface area contributed by atoms with E-state index in [0.29, 0.717) is 29.4 Å². The lowest BCUT2D eigenvalue weighted by Gasteiger charge is -2.33. The molecule has 1 aromatic carbocycles. The summed E-state index contributed by atoms with van der Waals surface area (Å²) in [7, 11) is 0. The lowest BCUT2D eigenvalue weighted by molar-refractivity contribution is -0.139. The summed E-state index contributed by atoms with van der Waals surface area (Å²) in [5.41, 5.74) is 1.79. The van der Waals surface area contributed by atoms with Crippen LogP contribution in [-0.4, -0.2) is 78.0 Å². The topological polar surface area (TPSA) is 82.2 Å². The van der Waals surface area contributed by atoms with E-state index in [2.05, 4.69) is 25.7 Å². The SMILES string of the molecule is C=CCN1C(=O)N[C@H](c2cccc(Cl)c2)C2=C1CN(CC(=O)N(CC(C)C)C[C@@H]1CCCO1)C2=O. The van der Waals surface area contributed by atoms with Gasteiger partial charge in [0.15, 0.2) is 0 Å². The molecular formula is C26H33ClN4O4. The van der Waals surface area contributed by atoms with Crippen molar-refractivity contribution < 1.29 is 19.1 Å². The number of carbonyl (C=O) groups is 3. The second-order valence-electron chi connectivity index (χ2n) is 9.69. The number of ether oxygens (including phenoxy) is 1. The molecule has 9 heteroatoms. The third-order valence-corrected chi connectivity index (χ3v) is 6.74. The fraction of sp³-hybridized carbons (Fsp3) is 0.500. The zero-order valence-corrected chi connectivity index (χ0v) is 21.1. The molecule has 1 N–H and O–H groups in total. The van der Waals surface area contributed by atoms with Crippen LogP contribution < -0.4 is 5.32 Å². The Hall–Kier alpha value is -2.84. The largest absolute Gasteiger partial charge is 0.376 e. The predicted octanol–water partition coefficient (Wildman–Crippen LogP) is 3.35. The fourth-order valence-corrected chi connectivity index (χ4v) is 5.15. The molecule has 4 amide bonds. The molecule has 2 atom stereocenters. The zero-order valence-electron chi connectivity index (χ0n) is 20.3. The van der Waals surface area contributed by atoms with Crippen molar-refractivity contribution in [2.45, 2.75) is 38.8 Å². The normalized spacial score (nSPS) is 22.1. The molecule has 0 bridgehead atoms. The summed E-state index contributed by atoms with van der Waals surface area (Å²) in [6.07, 6.45) is 3.59. The maximum atomic E-state index is 13.6. The van der Waals surface area contributed by atoms with Crippen LogP contribution in [0.5, 0.6) is 0 Å². The number of amides is 4. The van der Waals surface area contributed by atoms with Gasteiger partial charge in [0, 0.05) is 31.3 Å². The quantitative estimate of drug-likeness (QED) is 0.527. The van der Waals surface area contributed by atoms with E-state index in [0.717, 1.165) is 25.0 Å². The van der Waals surface area contributed by atoms with Gasteiger partial charge in [-0.1, -0.05) is 43.7 Å². The smallest absolute Gasteiger partial charge is 0.322 e. The van der Waals surface area contributed by atoms with Crippen molar-refractivity contribution >= 4 is 29.4 Å². The number of nitrogens with zero attached hydrogens (tertiary/aromatic N) is 3. The van der Waals surface area contributed by atoms with Crippen molar-refractivity contribution in [2.24, 2.45) is 5.92 Å². The van der Waals surface area contributed by atoms with Crippen molar-refractivity contribution in [1.29, 1.82) is 0 Å². The van der Waals surface area contributed by atoms with Gasteiger partial charge in [-0.15, -0.1) is 6.58 Å². The molecule has 1 saturated heterocycles. The first-order valence-corrected chi connectivity index (χ1v) is 12.5. The average Bonchev–Trinajstić information content (AvgIpc) is 3.43. The molecular weight excluding hydrogens is 468 g/mol. The minimum atomic E-state index is -0.636. The molecule has 3 aliphatic heterocycles. The second kappa shape index (κ2) is 10.8. The maximum absolute atomic E-state index is 13.6. The molecule has 1 fully saturated rings. The molecule has 8 nitrogen and oxygen atoms in total. The summed E-state index contributed by atoms with van der Waals surface area (Å²) in [4.78, 5) is 44.8. The number of hydrogen-bond donors (Lipinski definition) is 1. The van der Waals surface area contributed by atoms with Gasteiger partial charge in [-0.05, 0) is 36.5 Å². The highest BCUT2D eigenvalue weighted by molar-refractivity contribution is 6.30. The third kappa shape index (κ3) is 5.54. The Morgan fingerprint density at radius 1 is 1.37 bits per heavy atom. The monoisotopic (exact) mass is 500 g/mol. The summed E-state index contributed by atoms with van der Waals surface area (Å²) >= 11 is 6.19. The van der Waals surface area contributed by atoms with Crippen molar-refractivity contribution in [3.05, 3.63) is 58.8 Å². The van der Waals surface area contributed by atoms with Gasteiger partial charge in [0.25, 0.3) is 5.91 Å². The Kier molecular flexibility index (Phi) is 7.82. The van der Waals surface area contributed by atoms with E-state index in [1.165, 1.54) is 9.80 Å². The molecule has 3 aliphatic rings. The van der Waals surface area contributed by atoms with E-state index >= 15 is 0 Å². The first kappa shape index (κ1) is 25.3. The van der Waals surface area contributed by atoms with E-state index < -0.39 is 6.04 Å². The van der Waals surface area contributed by atoms with Crippen LogP contribution >= 0.6 is 11.6 Å². The second-order valence-corrected chi connectivity index (χ2v) is 10.1. The van der Waals surface area contributed by atoms with Gasteiger partial charge in [0.2, 0.25) is 5.91 Å². The van der Waals surface area contributed by atoms with Crippen LogP contribution in [0.4, 0.5) is 4.79 Å². The highest BCUT2D eigenvalue weighted by atomic mass is 35.5. The van der Waals surface area contributed by atoms with Crippen LogP contribution in [0, 0.1) is 5.92 Å². The highest BCUT2D eigenvalue weighted by Crippen LogP contribution is 2.36. The molecule has 3 heterocycles. The zero-order chi connectivity index (χ0) is 25.1. The molecule has 35 heavy (non-hydrogen) atoms. The Bertz CT molecular complexity index is 1030. The minimum absolute atomic E-state index is 0.0374. The number of urea groups is 1. The molecule has 1 aromatic rings. The number of carbonyl (C=O) groups excluding carboxylic acids is 3. The Morgan fingerprint density at radius 2 is 2.17 bits per heavy atom. The molecule has 0 unspecified atom stereocenters. The molecule has 0 aromatic heterocycles. The summed E-state index contributed by atoms with van der Waals surface area (Å²) in [5, 5.41) is 3.45. The molecule has 0 spiro atoms. The molecule has 0 radical (unpaired) electrons. The molecule has 188 valence electrons. The van der Waals surface area contributed by atoms with Gasteiger partial charge in [-0.2, -0.15) is 0 Å². The van der Waals surface area contributed by atoms with E-state index in [4.69, 9.17) is 16.3 Å². The van der Waals surface area contributed by atoms with Crippen molar-refractivity contribution in [3.63, 3.8) is 0 Å². The Morgan fingerprint density at radius 3 is 2.83 bits per heavy atom. The lowest BCUT2D eigenvalue weighted by atomic mass is 9.95. The first-order chi connectivity index (χ1) is 16.8. The molecule has 4 rings (SSSR count). The first-order valence-electron chi connectivity index (χ1n) is 12.1. The van der Waals surface area contributed by atoms with Gasteiger partial charge in [-0.3, -0.25) is 14.5 Å². The number of halogens is 1. The van der Waals surface area contributed by atoms with E-state index in [1.807, 2.05) is 11.0 Å². The lowest BCUT2D eigenvalue weighted by Crippen LogP contribution is -2.47. The van der Waals surface area contributed by atoms with Gasteiger partial charge in [0.05, 0.1) is 30.0 Å². The van der Waals surface area contributed by atoms with Crippen LogP contribution in [0.2, 0.25) is 5.02 Å². The van der Waals surface area contributed by atoms with Gasteiger partial charge >= 0.3 is 6.03 Å². The van der Waals surface area contributed by atoms with Gasteiger partial charge in [-0.25, -0.2) is 4.79 Å². The van der Waals surface area contributed by atoms with Crippen LogP contribution in [0.25, 0.3) is 0 Å². The highest BCUT2D eigenvalue weighted by Gasteiger charge is 2.44. The van der Waals surface area contributed by atoms with Crippen LogP contribution in [0.1, 0.15) is 38.3 Å². The maximum Gasteiger partial charge on any atom is 0.322 e.